The molecule has 0 saturated carbocycles. The quantitative estimate of drug-likeness (QED) is 0.923. The number of halogens is 1. The summed E-state index contributed by atoms with van der Waals surface area (Å²) >= 11 is 0. The SMILES string of the molecule is CS(=O)Cc1cccc(NCc2cc(F)ccc2C#N)c1. The van der Waals surface area contributed by atoms with Crippen LogP contribution in [0.2, 0.25) is 0 Å². The lowest BCUT2D eigenvalue weighted by Crippen LogP contribution is -2.03. The lowest BCUT2D eigenvalue weighted by Gasteiger charge is -2.09. The first-order valence-electron chi connectivity index (χ1n) is 6.40. The Morgan fingerprint density at radius 1 is 1.29 bits per heavy atom. The van der Waals surface area contributed by atoms with Crippen molar-refractivity contribution in [3.8, 4) is 6.07 Å². The highest BCUT2D eigenvalue weighted by Crippen LogP contribution is 2.16. The third-order valence-electron chi connectivity index (χ3n) is 2.97. The highest BCUT2D eigenvalue weighted by Gasteiger charge is 2.04. The van der Waals surface area contributed by atoms with E-state index >= 15 is 0 Å². The molecule has 0 aromatic heterocycles. The smallest absolute Gasteiger partial charge is 0.123 e. The first-order chi connectivity index (χ1) is 10.1. The number of anilines is 1. The number of nitrogens with one attached hydrogen (secondary N) is 1. The van der Waals surface area contributed by atoms with Crippen molar-refractivity contribution in [1.29, 1.82) is 5.26 Å². The van der Waals surface area contributed by atoms with Crippen LogP contribution in [0.15, 0.2) is 42.5 Å². The molecule has 0 fully saturated rings. The molecule has 0 aliphatic rings. The van der Waals surface area contributed by atoms with Gasteiger partial charge >= 0.3 is 0 Å². The van der Waals surface area contributed by atoms with Gasteiger partial charge in [0.25, 0.3) is 0 Å². The normalized spacial score (nSPS) is 11.7. The number of benzene rings is 2. The van der Waals surface area contributed by atoms with Gasteiger partial charge in [0.15, 0.2) is 0 Å². The maximum atomic E-state index is 13.2. The molecule has 21 heavy (non-hydrogen) atoms. The van der Waals surface area contributed by atoms with Crippen molar-refractivity contribution in [2.75, 3.05) is 11.6 Å². The average molecular weight is 302 g/mol. The lowest BCUT2D eigenvalue weighted by molar-refractivity contribution is 0.625. The molecule has 0 saturated heterocycles. The summed E-state index contributed by atoms with van der Waals surface area (Å²) in [4.78, 5) is 0. The fourth-order valence-electron chi connectivity index (χ4n) is 2.02. The maximum Gasteiger partial charge on any atom is 0.123 e. The minimum absolute atomic E-state index is 0.360. The van der Waals surface area contributed by atoms with Gasteiger partial charge in [-0.25, -0.2) is 4.39 Å². The summed E-state index contributed by atoms with van der Waals surface area (Å²) in [5, 5.41) is 12.2. The van der Waals surface area contributed by atoms with Gasteiger partial charge in [-0.3, -0.25) is 4.21 Å². The van der Waals surface area contributed by atoms with Crippen molar-refractivity contribution in [1.82, 2.24) is 0 Å². The third kappa shape index (κ3) is 4.40. The van der Waals surface area contributed by atoms with E-state index in [4.69, 9.17) is 5.26 Å². The number of nitrogens with zero attached hydrogens (tertiary/aromatic N) is 1. The average Bonchev–Trinajstić information content (AvgIpc) is 2.45. The maximum absolute atomic E-state index is 13.2. The summed E-state index contributed by atoms with van der Waals surface area (Å²) in [6.07, 6.45) is 1.66. The molecular weight excluding hydrogens is 287 g/mol. The second kappa shape index (κ2) is 7.00. The number of rotatable bonds is 5. The van der Waals surface area contributed by atoms with E-state index in [0.717, 1.165) is 11.3 Å². The van der Waals surface area contributed by atoms with E-state index in [1.54, 1.807) is 6.26 Å². The van der Waals surface area contributed by atoms with E-state index in [2.05, 4.69) is 5.32 Å². The van der Waals surface area contributed by atoms with Crippen LogP contribution in [-0.4, -0.2) is 10.5 Å². The first-order valence-corrected chi connectivity index (χ1v) is 8.12. The first kappa shape index (κ1) is 15.2. The van der Waals surface area contributed by atoms with Crippen LogP contribution in [0.1, 0.15) is 16.7 Å². The molecule has 1 atom stereocenters. The number of hydrogen-bond donors (Lipinski definition) is 1. The van der Waals surface area contributed by atoms with Gasteiger partial charge in [-0.05, 0) is 41.5 Å². The predicted molar refractivity (Wildman–Crippen MR) is 82.7 cm³/mol. The Bertz CT molecular complexity index is 710. The van der Waals surface area contributed by atoms with E-state index in [1.807, 2.05) is 30.3 Å². The van der Waals surface area contributed by atoms with Crippen LogP contribution >= 0.6 is 0 Å². The standard InChI is InChI=1S/C16H15FN2OS/c1-21(20)11-12-3-2-4-16(7-12)19-10-14-8-15(17)6-5-13(14)9-18/h2-8,19H,10-11H2,1H3. The van der Waals surface area contributed by atoms with E-state index in [0.29, 0.717) is 23.4 Å². The summed E-state index contributed by atoms with van der Waals surface area (Å²) in [5.74, 6) is 0.139. The largest absolute Gasteiger partial charge is 0.381 e. The fourth-order valence-corrected chi connectivity index (χ4v) is 2.67. The van der Waals surface area contributed by atoms with E-state index in [9.17, 15) is 8.60 Å². The van der Waals surface area contributed by atoms with Gasteiger partial charge in [0.1, 0.15) is 5.82 Å². The van der Waals surface area contributed by atoms with Crippen molar-refractivity contribution < 1.29 is 8.60 Å². The summed E-state index contributed by atoms with van der Waals surface area (Å²) < 4.78 is 24.5. The highest BCUT2D eigenvalue weighted by atomic mass is 32.2. The predicted octanol–water partition coefficient (Wildman–Crippen LogP) is 3.19. The zero-order valence-electron chi connectivity index (χ0n) is 11.6. The van der Waals surface area contributed by atoms with E-state index in [-0.39, 0.29) is 5.82 Å². The van der Waals surface area contributed by atoms with Crippen LogP contribution < -0.4 is 5.32 Å². The van der Waals surface area contributed by atoms with Crippen LogP contribution in [-0.2, 0) is 23.1 Å². The molecule has 2 rings (SSSR count). The van der Waals surface area contributed by atoms with Gasteiger partial charge in [0.2, 0.25) is 0 Å². The Hall–Kier alpha value is -2.19. The zero-order chi connectivity index (χ0) is 15.2. The number of nitriles is 1. The molecule has 1 N–H and O–H groups in total. The zero-order valence-corrected chi connectivity index (χ0v) is 12.4. The summed E-state index contributed by atoms with van der Waals surface area (Å²) in [6.45, 7) is 0.360. The van der Waals surface area contributed by atoms with E-state index in [1.165, 1.54) is 18.2 Å². The van der Waals surface area contributed by atoms with Gasteiger partial charge in [0.05, 0.1) is 11.6 Å². The van der Waals surface area contributed by atoms with Crippen molar-refractivity contribution in [2.45, 2.75) is 12.3 Å². The van der Waals surface area contributed by atoms with Gasteiger partial charge < -0.3 is 5.32 Å². The molecule has 0 aliphatic carbocycles. The van der Waals surface area contributed by atoms with Crippen LogP contribution in [0.25, 0.3) is 0 Å². The molecule has 0 aliphatic heterocycles. The number of hydrogen-bond acceptors (Lipinski definition) is 3. The van der Waals surface area contributed by atoms with Crippen LogP contribution in [0.4, 0.5) is 10.1 Å². The Morgan fingerprint density at radius 2 is 2.10 bits per heavy atom. The van der Waals surface area contributed by atoms with Gasteiger partial charge in [-0.15, -0.1) is 0 Å². The minimum atomic E-state index is -0.893. The third-order valence-corrected chi connectivity index (χ3v) is 3.71. The Balaban J connectivity index is 2.11. The van der Waals surface area contributed by atoms with Crippen molar-refractivity contribution >= 4 is 16.5 Å². The molecule has 108 valence electrons. The molecule has 0 heterocycles. The van der Waals surface area contributed by atoms with Crippen LogP contribution in [0.3, 0.4) is 0 Å². The second-order valence-corrected chi connectivity index (χ2v) is 6.12. The molecule has 0 bridgehead atoms. The molecule has 0 radical (unpaired) electrons. The summed E-state index contributed by atoms with van der Waals surface area (Å²) in [6, 6.07) is 13.7. The summed E-state index contributed by atoms with van der Waals surface area (Å²) in [7, 11) is -0.893. The molecule has 5 heteroatoms. The van der Waals surface area contributed by atoms with E-state index < -0.39 is 10.8 Å². The fraction of sp³-hybridized carbons (Fsp3) is 0.188. The van der Waals surface area contributed by atoms with Crippen molar-refractivity contribution in [3.05, 3.63) is 65.0 Å². The lowest BCUT2D eigenvalue weighted by atomic mass is 10.1. The molecule has 2 aromatic rings. The van der Waals surface area contributed by atoms with Crippen LogP contribution in [0, 0.1) is 17.1 Å². The Morgan fingerprint density at radius 3 is 2.81 bits per heavy atom. The van der Waals surface area contributed by atoms with Crippen LogP contribution in [0.5, 0.6) is 0 Å². The molecule has 0 spiro atoms. The van der Waals surface area contributed by atoms with Gasteiger partial charge in [-0.2, -0.15) is 5.26 Å². The van der Waals surface area contributed by atoms with Gasteiger partial charge in [-0.1, -0.05) is 12.1 Å². The highest BCUT2D eigenvalue weighted by molar-refractivity contribution is 7.83. The Kier molecular flexibility index (Phi) is 5.07. The topological polar surface area (TPSA) is 52.9 Å². The van der Waals surface area contributed by atoms with Crippen molar-refractivity contribution in [2.24, 2.45) is 0 Å². The molecular formula is C16H15FN2OS. The monoisotopic (exact) mass is 302 g/mol. The second-order valence-electron chi connectivity index (χ2n) is 4.68. The molecule has 3 nitrogen and oxygen atoms in total. The molecule has 0 amide bonds. The van der Waals surface area contributed by atoms with Gasteiger partial charge in [0, 0.05) is 35.0 Å². The van der Waals surface area contributed by atoms with Crippen molar-refractivity contribution in [3.63, 3.8) is 0 Å². The molecule has 2 aromatic carbocycles. The summed E-state index contributed by atoms with van der Waals surface area (Å²) in [5.41, 5.74) is 2.89. The molecule has 1 unspecified atom stereocenters. The Labute approximate surface area is 125 Å². The minimum Gasteiger partial charge on any atom is -0.381 e.